The summed E-state index contributed by atoms with van der Waals surface area (Å²) < 4.78 is 5.72. The van der Waals surface area contributed by atoms with E-state index in [1.165, 1.54) is 7.05 Å². The van der Waals surface area contributed by atoms with E-state index in [0.717, 1.165) is 37.6 Å². The number of likely N-dealkylation sites (N-methyl/N-ethyl adjacent to an activating group) is 3. The van der Waals surface area contributed by atoms with Crippen LogP contribution in [0.5, 0.6) is 5.75 Å². The van der Waals surface area contributed by atoms with Gasteiger partial charge in [-0.1, -0.05) is 12.1 Å². The number of piperazine rings is 1. The zero-order valence-electron chi connectivity index (χ0n) is 21.2. The van der Waals surface area contributed by atoms with Gasteiger partial charge in [-0.05, 0) is 45.1 Å². The summed E-state index contributed by atoms with van der Waals surface area (Å²) in [7, 11) is 8.91. The predicted octanol–water partition coefficient (Wildman–Crippen LogP) is 2.82. The Labute approximate surface area is 207 Å². The Morgan fingerprint density at radius 1 is 1.00 bits per heavy atom. The highest BCUT2D eigenvalue weighted by atomic mass is 16.5. The van der Waals surface area contributed by atoms with Gasteiger partial charge in [0, 0.05) is 52.0 Å². The summed E-state index contributed by atoms with van der Waals surface area (Å²) in [4.78, 5) is 30.2. The number of ether oxygens (including phenoxy) is 1. The van der Waals surface area contributed by atoms with Gasteiger partial charge in [0.15, 0.2) is 5.84 Å². The van der Waals surface area contributed by atoms with E-state index in [1.807, 2.05) is 48.3 Å². The van der Waals surface area contributed by atoms with Crippen LogP contribution in [0.1, 0.15) is 10.4 Å². The molecule has 0 unspecified atom stereocenters. The quantitative estimate of drug-likeness (QED) is 0.681. The molecule has 2 aromatic carbocycles. The largest absolute Gasteiger partial charge is 0.494 e. The van der Waals surface area contributed by atoms with Gasteiger partial charge in [0.05, 0.1) is 24.6 Å². The number of amides is 1. The zero-order chi connectivity index (χ0) is 25.5. The van der Waals surface area contributed by atoms with Gasteiger partial charge in [-0.25, -0.2) is 4.99 Å². The van der Waals surface area contributed by atoms with Gasteiger partial charge >= 0.3 is 0 Å². The fourth-order valence-corrected chi connectivity index (χ4v) is 4.17. The molecule has 2 aliphatic rings. The third kappa shape index (κ3) is 5.36. The predicted molar refractivity (Wildman–Crippen MR) is 144 cm³/mol. The van der Waals surface area contributed by atoms with Gasteiger partial charge in [-0.3, -0.25) is 9.79 Å². The molecule has 0 atom stereocenters. The van der Waals surface area contributed by atoms with Crippen molar-refractivity contribution in [2.75, 3.05) is 71.3 Å². The van der Waals surface area contributed by atoms with Gasteiger partial charge < -0.3 is 30.1 Å². The molecule has 0 saturated carbocycles. The van der Waals surface area contributed by atoms with E-state index in [0.29, 0.717) is 28.5 Å². The maximum absolute atomic E-state index is 13.1. The van der Waals surface area contributed by atoms with Crippen molar-refractivity contribution in [3.05, 3.63) is 59.9 Å². The summed E-state index contributed by atoms with van der Waals surface area (Å²) in [5.41, 5.74) is 8.21. The summed E-state index contributed by atoms with van der Waals surface area (Å²) in [6.07, 6.45) is 1.56. The molecule has 0 aliphatic carbocycles. The molecule has 186 valence electrons. The number of nitrogens with two attached hydrogens (primary N) is 1. The molecule has 1 fully saturated rings. The van der Waals surface area contributed by atoms with Crippen LogP contribution in [0.15, 0.2) is 64.3 Å². The number of aliphatic imine (C=N–C) groups is 2. The minimum Gasteiger partial charge on any atom is -0.494 e. The van der Waals surface area contributed by atoms with Crippen molar-refractivity contribution < 1.29 is 9.53 Å². The van der Waals surface area contributed by atoms with Crippen molar-refractivity contribution in [3.8, 4) is 5.75 Å². The molecule has 2 aromatic rings. The van der Waals surface area contributed by atoms with E-state index in [2.05, 4.69) is 40.4 Å². The van der Waals surface area contributed by atoms with E-state index < -0.39 is 0 Å². The lowest BCUT2D eigenvalue weighted by molar-refractivity contribution is 0.0845. The van der Waals surface area contributed by atoms with Crippen molar-refractivity contribution in [1.29, 1.82) is 0 Å². The lowest BCUT2D eigenvalue weighted by Crippen LogP contribution is -2.44. The van der Waals surface area contributed by atoms with Crippen LogP contribution in [-0.2, 0) is 0 Å². The average Bonchev–Trinajstić information content (AvgIpc) is 2.97. The van der Waals surface area contributed by atoms with Gasteiger partial charge in [0.1, 0.15) is 17.1 Å². The first-order valence-electron chi connectivity index (χ1n) is 11.5. The second-order valence-electron chi connectivity index (χ2n) is 8.22. The highest BCUT2D eigenvalue weighted by Gasteiger charge is 2.31. The fourth-order valence-electron chi connectivity index (χ4n) is 4.17. The maximum Gasteiger partial charge on any atom is 0.260 e. The highest BCUT2D eigenvalue weighted by molar-refractivity contribution is 6.18. The first-order chi connectivity index (χ1) is 16.9. The Morgan fingerprint density at radius 2 is 1.69 bits per heavy atom. The SMILES string of the molecule is C=N/C=C1\C(=Nc2ccc(N3CCN(C)CC3)cc2OC)N(C)c2ccccc2C(=O)N1C.CN. The van der Waals surface area contributed by atoms with Crippen molar-refractivity contribution in [2.45, 2.75) is 0 Å². The summed E-state index contributed by atoms with van der Waals surface area (Å²) in [6, 6.07) is 13.6. The van der Waals surface area contributed by atoms with E-state index in [9.17, 15) is 4.79 Å². The van der Waals surface area contributed by atoms with Crippen LogP contribution in [0.4, 0.5) is 17.1 Å². The number of amidine groups is 1. The fraction of sp³-hybridized carbons (Fsp3) is 0.346. The smallest absolute Gasteiger partial charge is 0.260 e. The number of rotatable bonds is 4. The van der Waals surface area contributed by atoms with E-state index in [4.69, 9.17) is 9.73 Å². The minimum atomic E-state index is -0.130. The number of fused-ring (bicyclic) bond motifs is 1. The number of carbonyl (C=O) groups is 1. The molecule has 0 radical (unpaired) electrons. The topological polar surface area (TPSA) is 90.0 Å². The number of nitrogens with zero attached hydrogens (tertiary/aromatic N) is 6. The number of para-hydroxylation sites is 1. The number of methoxy groups -OCH3 is 1. The van der Waals surface area contributed by atoms with Gasteiger partial charge in [-0.2, -0.15) is 0 Å². The van der Waals surface area contributed by atoms with E-state index >= 15 is 0 Å². The van der Waals surface area contributed by atoms with Crippen LogP contribution < -0.4 is 20.3 Å². The Balaban J connectivity index is 0.00000167. The Morgan fingerprint density at radius 3 is 2.34 bits per heavy atom. The molecular formula is C26H35N7O2. The van der Waals surface area contributed by atoms with Crippen LogP contribution in [0, 0.1) is 0 Å². The molecule has 35 heavy (non-hydrogen) atoms. The van der Waals surface area contributed by atoms with Crippen LogP contribution >= 0.6 is 0 Å². The summed E-state index contributed by atoms with van der Waals surface area (Å²) in [5.74, 6) is 1.12. The lowest BCUT2D eigenvalue weighted by atomic mass is 10.1. The van der Waals surface area contributed by atoms with Crippen LogP contribution in [-0.4, -0.2) is 89.7 Å². The normalized spacial score (nSPS) is 18.7. The molecule has 2 aliphatic heterocycles. The number of anilines is 2. The van der Waals surface area contributed by atoms with Crippen molar-refractivity contribution in [3.63, 3.8) is 0 Å². The molecule has 2 N–H and O–H groups in total. The molecule has 1 saturated heterocycles. The molecule has 1 amide bonds. The van der Waals surface area contributed by atoms with E-state index in [-0.39, 0.29) is 5.91 Å². The van der Waals surface area contributed by atoms with Crippen LogP contribution in [0.25, 0.3) is 0 Å². The third-order valence-corrected chi connectivity index (χ3v) is 6.18. The van der Waals surface area contributed by atoms with Gasteiger partial charge in [-0.15, -0.1) is 0 Å². The maximum atomic E-state index is 13.1. The lowest BCUT2D eigenvalue weighted by Gasteiger charge is -2.34. The average molecular weight is 478 g/mol. The summed E-state index contributed by atoms with van der Waals surface area (Å²) in [6.45, 7) is 7.59. The van der Waals surface area contributed by atoms with Crippen molar-refractivity contribution >= 4 is 35.5 Å². The van der Waals surface area contributed by atoms with Crippen molar-refractivity contribution in [1.82, 2.24) is 9.80 Å². The summed E-state index contributed by atoms with van der Waals surface area (Å²) >= 11 is 0. The Bertz CT molecular complexity index is 1120. The highest BCUT2D eigenvalue weighted by Crippen LogP contribution is 2.35. The number of hydrogen-bond acceptors (Lipinski definition) is 7. The Kier molecular flexibility index (Phi) is 8.62. The first-order valence-corrected chi connectivity index (χ1v) is 11.5. The number of benzene rings is 2. The first kappa shape index (κ1) is 25.9. The minimum absolute atomic E-state index is 0.130. The molecule has 0 aromatic heterocycles. The van der Waals surface area contributed by atoms with Gasteiger partial charge in [0.25, 0.3) is 5.91 Å². The molecular weight excluding hydrogens is 442 g/mol. The van der Waals surface area contributed by atoms with Crippen LogP contribution in [0.2, 0.25) is 0 Å². The summed E-state index contributed by atoms with van der Waals surface area (Å²) in [5, 5.41) is 0. The standard InChI is InChI=1S/C25H30N6O2.CH5N/c1-26-17-22-24(29(3)21-9-7-6-8-19(21)25(32)30(22)4)27-20-11-10-18(16-23(20)33-5)31-14-12-28(2)13-15-31;1-2/h6-11,16-17H,1,12-15H2,2-5H3;2H2,1H3/b22-17+,27-24?;. The van der Waals surface area contributed by atoms with E-state index in [1.54, 1.807) is 25.3 Å². The number of carbonyl (C=O) groups excluding carboxylic acids is 1. The number of hydrogen-bond donors (Lipinski definition) is 1. The molecule has 2 heterocycles. The second kappa shape index (κ2) is 11.6. The van der Waals surface area contributed by atoms with Crippen LogP contribution in [0.3, 0.4) is 0 Å². The molecule has 0 spiro atoms. The third-order valence-electron chi connectivity index (χ3n) is 6.18. The molecule has 0 bridgehead atoms. The zero-order valence-corrected chi connectivity index (χ0v) is 21.2. The Hall–Kier alpha value is -3.69. The van der Waals surface area contributed by atoms with Crippen molar-refractivity contribution in [2.24, 2.45) is 15.7 Å². The molecule has 4 rings (SSSR count). The molecule has 9 nitrogen and oxygen atoms in total. The van der Waals surface area contributed by atoms with Gasteiger partial charge in [0.2, 0.25) is 0 Å². The monoisotopic (exact) mass is 477 g/mol. The second-order valence-corrected chi connectivity index (χ2v) is 8.22. The molecule has 9 heteroatoms.